The molecule has 24 heavy (non-hydrogen) atoms. The number of pyridine rings is 1. The van der Waals surface area contributed by atoms with Gasteiger partial charge in [-0.3, -0.25) is 9.99 Å². The van der Waals surface area contributed by atoms with Gasteiger partial charge in [-0.25, -0.2) is 10.4 Å². The van der Waals surface area contributed by atoms with Crippen LogP contribution in [0.2, 0.25) is 5.02 Å². The molecule has 1 aliphatic heterocycles. The minimum absolute atomic E-state index is 0.303. The van der Waals surface area contributed by atoms with E-state index in [4.69, 9.17) is 28.5 Å². The van der Waals surface area contributed by atoms with Crippen LogP contribution < -0.4 is 22.2 Å². The molecular weight excluding hydrogens is 328 g/mol. The van der Waals surface area contributed by atoms with Gasteiger partial charge in [0.1, 0.15) is 6.17 Å². The van der Waals surface area contributed by atoms with Gasteiger partial charge in [-0.05, 0) is 18.2 Å². The number of halogens is 1. The third-order valence-corrected chi connectivity index (χ3v) is 3.99. The van der Waals surface area contributed by atoms with Crippen molar-refractivity contribution in [2.24, 2.45) is 4.99 Å². The molecule has 0 saturated carbocycles. The molecule has 0 radical (unpaired) electrons. The molecule has 0 amide bonds. The number of guanidine groups is 1. The standard InChI is InChI=1S/C15H17ClN8/c1-24-15(21-12-3-2-11(19)10(5-17)13(12)16)22-14(23-24)8-4-9(18)7-20-6-8/h2-7,14,17,23H,18-19H2,1H3,(H,21,22). The number of aromatic nitrogens is 1. The normalized spacial score (nSPS) is 16.8. The summed E-state index contributed by atoms with van der Waals surface area (Å²) in [6.07, 6.45) is 4.11. The van der Waals surface area contributed by atoms with Crippen LogP contribution >= 0.6 is 11.6 Å². The Balaban J connectivity index is 1.87. The number of nitrogens with zero attached hydrogens (tertiary/aromatic N) is 3. The lowest BCUT2D eigenvalue weighted by Crippen LogP contribution is -2.37. The van der Waals surface area contributed by atoms with Gasteiger partial charge >= 0.3 is 0 Å². The zero-order valence-electron chi connectivity index (χ0n) is 12.9. The Hall–Kier alpha value is -2.84. The summed E-state index contributed by atoms with van der Waals surface area (Å²) >= 11 is 6.30. The minimum atomic E-state index is -0.303. The summed E-state index contributed by atoms with van der Waals surface area (Å²) in [6.45, 7) is 0. The predicted octanol–water partition coefficient (Wildman–Crippen LogP) is 1.81. The number of hydrogen-bond acceptors (Lipinski definition) is 8. The van der Waals surface area contributed by atoms with Crippen LogP contribution in [0.5, 0.6) is 0 Å². The third-order valence-electron chi connectivity index (χ3n) is 3.59. The van der Waals surface area contributed by atoms with Crippen LogP contribution in [-0.4, -0.2) is 29.2 Å². The molecule has 2 heterocycles. The van der Waals surface area contributed by atoms with Crippen LogP contribution in [0.3, 0.4) is 0 Å². The lowest BCUT2D eigenvalue weighted by atomic mass is 10.1. The molecule has 1 aromatic heterocycles. The second-order valence-corrected chi connectivity index (χ2v) is 5.67. The van der Waals surface area contributed by atoms with Crippen LogP contribution in [0.1, 0.15) is 17.3 Å². The fourth-order valence-corrected chi connectivity index (χ4v) is 2.62. The van der Waals surface area contributed by atoms with E-state index in [2.05, 4.69) is 20.7 Å². The fourth-order valence-electron chi connectivity index (χ4n) is 2.34. The van der Waals surface area contributed by atoms with Crippen molar-refractivity contribution in [2.75, 3.05) is 23.8 Å². The average molecular weight is 345 g/mol. The Morgan fingerprint density at radius 3 is 2.88 bits per heavy atom. The first-order valence-electron chi connectivity index (χ1n) is 7.13. The first-order valence-corrected chi connectivity index (χ1v) is 7.51. The first kappa shape index (κ1) is 16.0. The van der Waals surface area contributed by atoms with Crippen molar-refractivity contribution >= 4 is 40.8 Å². The lowest BCUT2D eigenvalue weighted by molar-refractivity contribution is 0.353. The van der Waals surface area contributed by atoms with Crippen LogP contribution in [0.15, 0.2) is 35.6 Å². The highest BCUT2D eigenvalue weighted by Crippen LogP contribution is 2.30. The van der Waals surface area contributed by atoms with E-state index < -0.39 is 0 Å². The van der Waals surface area contributed by atoms with Gasteiger partial charge in [-0.15, -0.1) is 0 Å². The molecule has 2 aromatic rings. The molecule has 1 aliphatic rings. The van der Waals surface area contributed by atoms with Gasteiger partial charge in [0.25, 0.3) is 0 Å². The highest BCUT2D eigenvalue weighted by molar-refractivity contribution is 6.36. The number of nitrogen functional groups attached to an aromatic ring is 2. The van der Waals surface area contributed by atoms with Gasteiger partial charge < -0.3 is 22.2 Å². The molecule has 0 bridgehead atoms. The lowest BCUT2D eigenvalue weighted by Gasteiger charge is -2.18. The largest absolute Gasteiger partial charge is 0.398 e. The molecule has 0 fully saturated rings. The summed E-state index contributed by atoms with van der Waals surface area (Å²) in [5.41, 5.74) is 17.7. The zero-order chi connectivity index (χ0) is 17.3. The van der Waals surface area contributed by atoms with Crippen LogP contribution in [0, 0.1) is 5.41 Å². The van der Waals surface area contributed by atoms with Gasteiger partial charge in [0, 0.05) is 42.5 Å². The maximum atomic E-state index is 7.42. The molecule has 124 valence electrons. The van der Waals surface area contributed by atoms with Crippen LogP contribution in [0.25, 0.3) is 0 Å². The Morgan fingerprint density at radius 2 is 2.17 bits per heavy atom. The van der Waals surface area contributed by atoms with E-state index in [1.807, 2.05) is 13.1 Å². The van der Waals surface area contributed by atoms with Crippen LogP contribution in [-0.2, 0) is 0 Å². The number of hydrazine groups is 1. The van der Waals surface area contributed by atoms with E-state index in [0.29, 0.717) is 33.6 Å². The van der Waals surface area contributed by atoms with Crippen molar-refractivity contribution in [1.82, 2.24) is 15.4 Å². The molecule has 0 spiro atoms. The fraction of sp³-hybridized carbons (Fsp3) is 0.133. The molecule has 8 nitrogen and oxygen atoms in total. The van der Waals surface area contributed by atoms with E-state index in [1.165, 1.54) is 0 Å². The van der Waals surface area contributed by atoms with Crippen molar-refractivity contribution in [1.29, 1.82) is 5.41 Å². The highest BCUT2D eigenvalue weighted by atomic mass is 35.5. The van der Waals surface area contributed by atoms with Gasteiger partial charge in [-0.2, -0.15) is 0 Å². The summed E-state index contributed by atoms with van der Waals surface area (Å²) in [5, 5.41) is 12.7. The van der Waals surface area contributed by atoms with Gasteiger partial charge in [0.2, 0.25) is 5.96 Å². The maximum Gasteiger partial charge on any atom is 0.215 e. The molecule has 1 aromatic carbocycles. The van der Waals surface area contributed by atoms with Crippen molar-refractivity contribution in [3.63, 3.8) is 0 Å². The van der Waals surface area contributed by atoms with Gasteiger partial charge in [0.05, 0.1) is 16.4 Å². The van der Waals surface area contributed by atoms with E-state index >= 15 is 0 Å². The quantitative estimate of drug-likeness (QED) is 0.426. The number of nitrogens with two attached hydrogens (primary N) is 2. The number of benzene rings is 1. The minimum Gasteiger partial charge on any atom is -0.398 e. The summed E-state index contributed by atoms with van der Waals surface area (Å²) in [6, 6.07) is 5.25. The summed E-state index contributed by atoms with van der Waals surface area (Å²) < 4.78 is 0. The topological polar surface area (TPSA) is 128 Å². The SMILES string of the molecule is CN1NC(c2cncc(N)c2)N=C1Nc1ccc(N)c(C=N)c1Cl. The maximum absolute atomic E-state index is 7.42. The molecule has 1 atom stereocenters. The molecule has 1 unspecified atom stereocenters. The number of rotatable bonds is 3. The summed E-state index contributed by atoms with van der Waals surface area (Å²) in [4.78, 5) is 8.65. The molecule has 0 aliphatic carbocycles. The Kier molecular flexibility index (Phi) is 4.24. The molecule has 7 N–H and O–H groups in total. The first-order chi connectivity index (χ1) is 11.5. The zero-order valence-corrected chi connectivity index (χ0v) is 13.7. The number of hydrogen-bond donors (Lipinski definition) is 5. The molecule has 3 rings (SSSR count). The average Bonchev–Trinajstić information content (AvgIpc) is 2.92. The molecular formula is C15H17ClN8. The molecule has 9 heteroatoms. The second-order valence-electron chi connectivity index (χ2n) is 5.29. The summed E-state index contributed by atoms with van der Waals surface area (Å²) in [5.74, 6) is 0.574. The van der Waals surface area contributed by atoms with E-state index in [9.17, 15) is 0 Å². The Labute approximate surface area is 144 Å². The predicted molar refractivity (Wildman–Crippen MR) is 97.1 cm³/mol. The monoisotopic (exact) mass is 344 g/mol. The smallest absolute Gasteiger partial charge is 0.215 e. The molecule has 0 saturated heterocycles. The van der Waals surface area contributed by atoms with E-state index in [-0.39, 0.29) is 6.17 Å². The van der Waals surface area contributed by atoms with Crippen molar-refractivity contribution in [3.05, 3.63) is 46.7 Å². The number of aliphatic imine (C=N–C) groups is 1. The van der Waals surface area contributed by atoms with Crippen LogP contribution in [0.4, 0.5) is 17.1 Å². The van der Waals surface area contributed by atoms with Crippen molar-refractivity contribution in [2.45, 2.75) is 6.17 Å². The number of anilines is 3. The van der Waals surface area contributed by atoms with Crippen molar-refractivity contribution < 1.29 is 0 Å². The van der Waals surface area contributed by atoms with Gasteiger partial charge in [-0.1, -0.05) is 11.6 Å². The van der Waals surface area contributed by atoms with Crippen molar-refractivity contribution in [3.8, 4) is 0 Å². The third kappa shape index (κ3) is 2.97. The highest BCUT2D eigenvalue weighted by Gasteiger charge is 2.24. The summed E-state index contributed by atoms with van der Waals surface area (Å²) in [7, 11) is 1.83. The van der Waals surface area contributed by atoms with E-state index in [0.717, 1.165) is 11.8 Å². The number of nitrogens with one attached hydrogen (secondary N) is 3. The van der Waals surface area contributed by atoms with Gasteiger partial charge in [0.15, 0.2) is 0 Å². The second kappa shape index (κ2) is 6.34. The Morgan fingerprint density at radius 1 is 1.38 bits per heavy atom. The van der Waals surface area contributed by atoms with E-state index in [1.54, 1.807) is 29.5 Å². The Bertz CT molecular complexity index is 819.